The van der Waals surface area contributed by atoms with Gasteiger partial charge in [-0.25, -0.2) is 13.1 Å². The lowest BCUT2D eigenvalue weighted by atomic mass is 10.2. The maximum Gasteiger partial charge on any atom is 0.284 e. The average Bonchev–Trinajstić information content (AvgIpc) is 3.50. The molecule has 1 aromatic heterocycles. The van der Waals surface area contributed by atoms with Crippen molar-refractivity contribution in [3.05, 3.63) is 28.3 Å². The van der Waals surface area contributed by atoms with E-state index in [0.717, 1.165) is 69.2 Å². The van der Waals surface area contributed by atoms with Crippen LogP contribution in [0.5, 0.6) is 0 Å². The number of nitrogens with zero attached hydrogens (tertiary/aromatic N) is 5. The largest absolute Gasteiger partial charge is 0.376 e. The first kappa shape index (κ1) is 23.9. The fourth-order valence-electron chi connectivity index (χ4n) is 4.03. The Bertz CT molecular complexity index is 1110. The van der Waals surface area contributed by atoms with Crippen LogP contribution in [0.2, 0.25) is 0 Å². The van der Waals surface area contributed by atoms with Crippen LogP contribution >= 0.6 is 11.8 Å². The van der Waals surface area contributed by atoms with Gasteiger partial charge in [-0.2, -0.15) is 0 Å². The van der Waals surface area contributed by atoms with E-state index < -0.39 is 14.9 Å². The van der Waals surface area contributed by atoms with Gasteiger partial charge in [0.2, 0.25) is 16.0 Å². The molecule has 33 heavy (non-hydrogen) atoms. The fraction of sp³-hybridized carbons (Fsp3) is 0.600. The van der Waals surface area contributed by atoms with E-state index in [-0.39, 0.29) is 22.7 Å². The first-order valence-corrected chi connectivity index (χ1v) is 13.3. The van der Waals surface area contributed by atoms with E-state index >= 15 is 0 Å². The van der Waals surface area contributed by atoms with E-state index in [2.05, 4.69) is 19.8 Å². The molecule has 11 nitrogen and oxygen atoms in total. The molecular weight excluding hydrogens is 468 g/mol. The minimum absolute atomic E-state index is 0.0475. The van der Waals surface area contributed by atoms with Gasteiger partial charge in [-0.3, -0.25) is 14.7 Å². The summed E-state index contributed by atoms with van der Waals surface area (Å²) in [5.41, 5.74) is -0.291. The van der Waals surface area contributed by atoms with Crippen LogP contribution in [0, 0.1) is 10.1 Å². The average molecular weight is 497 g/mol. The SMILES string of the molecule is CC(C)NS(=O)(=O)c1ccc(Sc2nnc(N3CCCC3)n2CC2CCCO2)c([N+](=O)[O-])c1. The molecule has 0 spiro atoms. The van der Waals surface area contributed by atoms with Crippen molar-refractivity contribution in [3.8, 4) is 0 Å². The van der Waals surface area contributed by atoms with E-state index in [1.807, 2.05) is 4.57 Å². The lowest BCUT2D eigenvalue weighted by Crippen LogP contribution is -2.30. The molecule has 2 aromatic rings. The van der Waals surface area contributed by atoms with E-state index in [9.17, 15) is 18.5 Å². The molecule has 2 saturated heterocycles. The standard InChI is InChI=1S/C20H28N6O5S2/c1-14(2)23-33(29,30)16-7-8-18(17(12-16)26(27)28)32-20-22-21-19(24-9-3-4-10-24)25(20)13-15-6-5-11-31-15/h7-8,12,14-15,23H,3-6,9-11,13H2,1-2H3. The molecular formula is C20H28N6O5S2. The van der Waals surface area contributed by atoms with E-state index in [1.54, 1.807) is 13.8 Å². The van der Waals surface area contributed by atoms with Crippen molar-refractivity contribution in [2.75, 3.05) is 24.6 Å². The number of nitro groups is 1. The molecule has 1 aromatic carbocycles. The molecule has 0 aliphatic carbocycles. The fourth-order valence-corrected chi connectivity index (χ4v) is 6.22. The maximum atomic E-state index is 12.5. The van der Waals surface area contributed by atoms with Crippen molar-refractivity contribution in [1.29, 1.82) is 0 Å². The summed E-state index contributed by atoms with van der Waals surface area (Å²) in [6.45, 7) is 6.46. The summed E-state index contributed by atoms with van der Waals surface area (Å²) >= 11 is 1.12. The van der Waals surface area contributed by atoms with Crippen LogP contribution in [0.4, 0.5) is 11.6 Å². The number of benzene rings is 1. The Hall–Kier alpha value is -2.22. The normalized spacial score (nSPS) is 19.0. The Morgan fingerprint density at radius 1 is 1.27 bits per heavy atom. The topological polar surface area (TPSA) is 132 Å². The van der Waals surface area contributed by atoms with Gasteiger partial charge in [0.1, 0.15) is 0 Å². The lowest BCUT2D eigenvalue weighted by molar-refractivity contribution is -0.388. The van der Waals surface area contributed by atoms with Crippen molar-refractivity contribution in [1.82, 2.24) is 19.5 Å². The third-order valence-electron chi connectivity index (χ3n) is 5.53. The lowest BCUT2D eigenvalue weighted by Gasteiger charge is -2.20. The molecule has 13 heteroatoms. The van der Waals surface area contributed by atoms with Crippen LogP contribution in [0.1, 0.15) is 39.5 Å². The highest BCUT2D eigenvalue weighted by Gasteiger charge is 2.28. The Labute approximate surface area is 197 Å². The molecule has 0 saturated carbocycles. The molecule has 4 rings (SSSR count). The number of aromatic nitrogens is 3. The van der Waals surface area contributed by atoms with E-state index in [0.29, 0.717) is 16.6 Å². The maximum absolute atomic E-state index is 12.5. The van der Waals surface area contributed by atoms with Crippen molar-refractivity contribution in [2.24, 2.45) is 0 Å². The van der Waals surface area contributed by atoms with Crippen molar-refractivity contribution in [3.63, 3.8) is 0 Å². The van der Waals surface area contributed by atoms with Crippen LogP contribution in [0.3, 0.4) is 0 Å². The molecule has 1 atom stereocenters. The smallest absolute Gasteiger partial charge is 0.284 e. The second-order valence-corrected chi connectivity index (χ2v) is 11.2. The van der Waals surface area contributed by atoms with Crippen LogP contribution in [0.15, 0.2) is 33.1 Å². The van der Waals surface area contributed by atoms with Crippen molar-refractivity contribution in [2.45, 2.75) is 73.2 Å². The minimum atomic E-state index is -3.86. The summed E-state index contributed by atoms with van der Waals surface area (Å²) in [5, 5.41) is 21.0. The van der Waals surface area contributed by atoms with Gasteiger partial charge in [0.15, 0.2) is 5.16 Å². The van der Waals surface area contributed by atoms with Gasteiger partial charge in [-0.15, -0.1) is 10.2 Å². The van der Waals surface area contributed by atoms with Gasteiger partial charge in [0.25, 0.3) is 5.69 Å². The van der Waals surface area contributed by atoms with Gasteiger partial charge < -0.3 is 9.64 Å². The third kappa shape index (κ3) is 5.48. The van der Waals surface area contributed by atoms with Crippen molar-refractivity contribution < 1.29 is 18.1 Å². The highest BCUT2D eigenvalue weighted by Crippen LogP contribution is 2.37. The molecule has 0 radical (unpaired) electrons. The second-order valence-electron chi connectivity index (χ2n) is 8.49. The zero-order valence-corrected chi connectivity index (χ0v) is 20.3. The molecule has 1 unspecified atom stereocenters. The highest BCUT2D eigenvalue weighted by atomic mass is 32.2. The van der Waals surface area contributed by atoms with E-state index in [4.69, 9.17) is 4.74 Å². The molecule has 2 fully saturated rings. The number of sulfonamides is 1. The number of ether oxygens (including phenoxy) is 1. The van der Waals surface area contributed by atoms with Gasteiger partial charge in [-0.05, 0) is 63.4 Å². The molecule has 0 bridgehead atoms. The monoisotopic (exact) mass is 496 g/mol. The highest BCUT2D eigenvalue weighted by molar-refractivity contribution is 7.99. The van der Waals surface area contributed by atoms with Gasteiger partial charge in [0, 0.05) is 31.8 Å². The second kappa shape index (κ2) is 9.95. The van der Waals surface area contributed by atoms with Gasteiger partial charge in [-0.1, -0.05) is 0 Å². The summed E-state index contributed by atoms with van der Waals surface area (Å²) in [4.78, 5) is 13.6. The molecule has 180 valence electrons. The number of nitro benzene ring substituents is 1. The zero-order valence-electron chi connectivity index (χ0n) is 18.6. The predicted molar refractivity (Wildman–Crippen MR) is 123 cm³/mol. The molecule has 0 amide bonds. The van der Waals surface area contributed by atoms with Crippen LogP contribution in [-0.4, -0.2) is 59.9 Å². The molecule has 1 N–H and O–H groups in total. The molecule has 3 heterocycles. The number of hydrogen-bond acceptors (Lipinski definition) is 9. The Morgan fingerprint density at radius 2 is 2.03 bits per heavy atom. The minimum Gasteiger partial charge on any atom is -0.376 e. The quantitative estimate of drug-likeness (QED) is 0.411. The number of hydrogen-bond donors (Lipinski definition) is 1. The van der Waals surface area contributed by atoms with Gasteiger partial charge >= 0.3 is 0 Å². The van der Waals surface area contributed by atoms with Crippen LogP contribution in [-0.2, 0) is 21.3 Å². The first-order chi connectivity index (χ1) is 15.7. The Balaban J connectivity index is 1.67. The summed E-state index contributed by atoms with van der Waals surface area (Å²) < 4.78 is 35.2. The van der Waals surface area contributed by atoms with Crippen LogP contribution in [0.25, 0.3) is 0 Å². The molecule has 2 aliphatic heterocycles. The summed E-state index contributed by atoms with van der Waals surface area (Å²) in [6, 6.07) is 3.60. The van der Waals surface area contributed by atoms with Crippen LogP contribution < -0.4 is 9.62 Å². The van der Waals surface area contributed by atoms with E-state index in [1.165, 1.54) is 12.1 Å². The molecule has 2 aliphatic rings. The Kier molecular flexibility index (Phi) is 7.22. The zero-order chi connectivity index (χ0) is 23.6. The predicted octanol–water partition coefficient (Wildman–Crippen LogP) is 2.80. The number of nitrogens with one attached hydrogen (secondary N) is 1. The number of anilines is 1. The Morgan fingerprint density at radius 3 is 2.67 bits per heavy atom. The van der Waals surface area contributed by atoms with Gasteiger partial charge in [0.05, 0.1) is 27.4 Å². The van der Waals surface area contributed by atoms with Crippen molar-refractivity contribution >= 4 is 33.4 Å². The number of rotatable bonds is 9. The third-order valence-corrected chi connectivity index (χ3v) is 8.23. The summed E-state index contributed by atoms with van der Waals surface area (Å²) in [5.74, 6) is 0.744. The summed E-state index contributed by atoms with van der Waals surface area (Å²) in [7, 11) is -3.86. The first-order valence-electron chi connectivity index (χ1n) is 11.0. The summed E-state index contributed by atoms with van der Waals surface area (Å²) in [6.07, 6.45) is 4.16.